The predicted molar refractivity (Wildman–Crippen MR) is 68.5 cm³/mol. The van der Waals surface area contributed by atoms with Crippen LogP contribution in [0.2, 0.25) is 5.02 Å². The van der Waals surface area contributed by atoms with E-state index in [1.54, 1.807) is 5.38 Å². The number of nitrogen functional groups attached to an aromatic ring is 1. The predicted octanol–water partition coefficient (Wildman–Crippen LogP) is 3.11. The molecule has 0 aliphatic rings. The summed E-state index contributed by atoms with van der Waals surface area (Å²) < 4.78 is 39.5. The molecule has 0 amide bonds. The van der Waals surface area contributed by atoms with E-state index in [9.17, 15) is 13.2 Å². The highest BCUT2D eigenvalue weighted by atomic mass is 35.5. The molecule has 0 radical (unpaired) electrons. The maximum Gasteiger partial charge on any atom is 0.417 e. The van der Waals surface area contributed by atoms with E-state index in [4.69, 9.17) is 17.3 Å². The number of aromatic nitrogens is 4. The summed E-state index contributed by atoms with van der Waals surface area (Å²) in [4.78, 5) is 3.97. The van der Waals surface area contributed by atoms with E-state index >= 15 is 0 Å². The quantitative estimate of drug-likeness (QED) is 0.748. The highest BCUT2D eigenvalue weighted by Crippen LogP contribution is 2.33. The number of thiazole rings is 1. The molecule has 3 heterocycles. The fourth-order valence-electron chi connectivity index (χ4n) is 1.67. The lowest BCUT2D eigenvalue weighted by molar-refractivity contribution is -0.137. The first-order valence-corrected chi connectivity index (χ1v) is 6.45. The smallest absolute Gasteiger partial charge is 0.375 e. The zero-order valence-electron chi connectivity index (χ0n) is 9.52. The van der Waals surface area contributed by atoms with Crippen LogP contribution in [0.5, 0.6) is 0 Å². The van der Waals surface area contributed by atoms with Crippen molar-refractivity contribution in [2.75, 3.05) is 5.73 Å². The Hall–Kier alpha value is -1.87. The van der Waals surface area contributed by atoms with Crippen LogP contribution in [-0.4, -0.2) is 19.6 Å². The minimum absolute atomic E-state index is 0.126. The Labute approximate surface area is 118 Å². The van der Waals surface area contributed by atoms with E-state index in [0.29, 0.717) is 5.69 Å². The molecule has 0 aliphatic carbocycles. The molecule has 3 rings (SSSR count). The van der Waals surface area contributed by atoms with Gasteiger partial charge < -0.3 is 5.73 Å². The van der Waals surface area contributed by atoms with Crippen molar-refractivity contribution in [2.24, 2.45) is 0 Å². The molecule has 5 nitrogen and oxygen atoms in total. The van der Waals surface area contributed by atoms with Crippen molar-refractivity contribution in [1.82, 2.24) is 19.6 Å². The third kappa shape index (κ3) is 2.08. The Kier molecular flexibility index (Phi) is 2.83. The van der Waals surface area contributed by atoms with E-state index in [2.05, 4.69) is 15.2 Å². The maximum absolute atomic E-state index is 12.8. The lowest BCUT2D eigenvalue weighted by Crippen LogP contribution is -2.07. The van der Waals surface area contributed by atoms with Gasteiger partial charge >= 0.3 is 6.18 Å². The van der Waals surface area contributed by atoms with Crippen molar-refractivity contribution in [1.29, 1.82) is 0 Å². The Morgan fingerprint density at radius 2 is 2.05 bits per heavy atom. The zero-order valence-corrected chi connectivity index (χ0v) is 11.1. The van der Waals surface area contributed by atoms with Gasteiger partial charge in [0.05, 0.1) is 10.6 Å². The molecule has 0 fully saturated rings. The number of halogens is 4. The summed E-state index contributed by atoms with van der Waals surface area (Å²) >= 11 is 6.96. The van der Waals surface area contributed by atoms with Gasteiger partial charge in [-0.25, -0.2) is 4.98 Å². The van der Waals surface area contributed by atoms with Gasteiger partial charge in [0.25, 0.3) is 0 Å². The van der Waals surface area contributed by atoms with Crippen LogP contribution < -0.4 is 5.73 Å². The molecule has 20 heavy (non-hydrogen) atoms. The van der Waals surface area contributed by atoms with Crippen LogP contribution in [0.1, 0.15) is 5.56 Å². The Balaban J connectivity index is 2.27. The molecule has 3 aromatic heterocycles. The number of hydrogen-bond acceptors (Lipinski definition) is 5. The van der Waals surface area contributed by atoms with Crippen molar-refractivity contribution in [3.8, 4) is 11.5 Å². The molecule has 0 aromatic carbocycles. The second-order valence-electron chi connectivity index (χ2n) is 3.86. The molecular weight excluding hydrogens is 315 g/mol. The van der Waals surface area contributed by atoms with Crippen LogP contribution in [0.25, 0.3) is 17.2 Å². The molecule has 10 heteroatoms. The average molecular weight is 320 g/mol. The monoisotopic (exact) mass is 319 g/mol. The molecule has 0 aliphatic heterocycles. The number of rotatable bonds is 1. The van der Waals surface area contributed by atoms with Crippen LogP contribution in [0.3, 0.4) is 0 Å². The third-order valence-corrected chi connectivity index (χ3v) is 3.49. The summed E-state index contributed by atoms with van der Waals surface area (Å²) in [6, 6.07) is 0.810. The number of alkyl halides is 3. The van der Waals surface area contributed by atoms with Crippen molar-refractivity contribution >= 4 is 33.7 Å². The van der Waals surface area contributed by atoms with E-state index in [-0.39, 0.29) is 21.6 Å². The maximum atomic E-state index is 12.8. The van der Waals surface area contributed by atoms with Crippen LogP contribution in [0.4, 0.5) is 18.3 Å². The van der Waals surface area contributed by atoms with Gasteiger partial charge in [0.2, 0.25) is 0 Å². The van der Waals surface area contributed by atoms with E-state index in [0.717, 1.165) is 28.0 Å². The van der Waals surface area contributed by atoms with Gasteiger partial charge in [-0.2, -0.15) is 13.2 Å². The Bertz CT molecular complexity index is 794. The topological polar surface area (TPSA) is 69.1 Å². The van der Waals surface area contributed by atoms with E-state index in [1.165, 1.54) is 0 Å². The van der Waals surface area contributed by atoms with Gasteiger partial charge in [-0.05, 0) is 6.07 Å². The first-order valence-electron chi connectivity index (χ1n) is 5.19. The molecular formula is C10H5ClF3N5S. The lowest BCUT2D eigenvalue weighted by Gasteiger charge is -2.08. The summed E-state index contributed by atoms with van der Waals surface area (Å²) in [6.45, 7) is 0. The summed E-state index contributed by atoms with van der Waals surface area (Å²) in [5, 5.41) is 9.31. The number of pyridine rings is 1. The average Bonchev–Trinajstić information content (AvgIpc) is 2.93. The van der Waals surface area contributed by atoms with Gasteiger partial charge in [0.15, 0.2) is 16.6 Å². The highest BCUT2D eigenvalue weighted by Gasteiger charge is 2.32. The third-order valence-electron chi connectivity index (χ3n) is 2.54. The second-order valence-corrected chi connectivity index (χ2v) is 5.16. The minimum Gasteiger partial charge on any atom is -0.375 e. The summed E-state index contributed by atoms with van der Waals surface area (Å²) in [5.74, 6) is 0.154. The molecule has 3 aromatic rings. The Morgan fingerprint density at radius 1 is 1.30 bits per heavy atom. The van der Waals surface area contributed by atoms with Gasteiger partial charge in [-0.1, -0.05) is 11.6 Å². The first kappa shape index (κ1) is 13.1. The van der Waals surface area contributed by atoms with Gasteiger partial charge in [-0.15, -0.1) is 21.5 Å². The van der Waals surface area contributed by atoms with Crippen LogP contribution in [0, 0.1) is 0 Å². The van der Waals surface area contributed by atoms with Crippen LogP contribution in [-0.2, 0) is 6.18 Å². The normalized spacial score (nSPS) is 12.2. The number of hydrogen-bond donors (Lipinski definition) is 1. The van der Waals surface area contributed by atoms with Gasteiger partial charge in [0, 0.05) is 11.6 Å². The first-order chi connectivity index (χ1) is 9.36. The molecule has 104 valence electrons. The number of anilines is 1. The minimum atomic E-state index is -4.51. The summed E-state index contributed by atoms with van der Waals surface area (Å²) in [7, 11) is 0. The molecule has 0 bridgehead atoms. The van der Waals surface area contributed by atoms with Crippen molar-refractivity contribution in [2.45, 2.75) is 6.18 Å². The zero-order chi connectivity index (χ0) is 14.5. The lowest BCUT2D eigenvalue weighted by atomic mass is 10.2. The SMILES string of the molecule is Nc1nc(-c2nnc3c(Cl)cc(C(F)(F)F)cn23)cs1. The van der Waals surface area contributed by atoms with Crippen molar-refractivity contribution in [3.05, 3.63) is 28.2 Å². The summed E-state index contributed by atoms with van der Waals surface area (Å²) in [6.07, 6.45) is -3.63. The van der Waals surface area contributed by atoms with E-state index < -0.39 is 11.7 Å². The number of fused-ring (bicyclic) bond motifs is 1. The molecule has 0 atom stereocenters. The summed E-state index contributed by atoms with van der Waals surface area (Å²) in [5.41, 5.74) is 5.08. The molecule has 0 spiro atoms. The second kappa shape index (κ2) is 4.32. The molecule has 0 unspecified atom stereocenters. The van der Waals surface area contributed by atoms with Crippen molar-refractivity contribution < 1.29 is 13.2 Å². The van der Waals surface area contributed by atoms with Crippen LogP contribution >= 0.6 is 22.9 Å². The number of nitrogens with two attached hydrogens (primary N) is 1. The molecule has 2 N–H and O–H groups in total. The molecule has 0 saturated carbocycles. The fourth-order valence-corrected chi connectivity index (χ4v) is 2.46. The van der Waals surface area contributed by atoms with Gasteiger partial charge in [-0.3, -0.25) is 4.40 Å². The molecule has 0 saturated heterocycles. The fraction of sp³-hybridized carbons (Fsp3) is 0.100. The largest absolute Gasteiger partial charge is 0.417 e. The van der Waals surface area contributed by atoms with E-state index in [1.807, 2.05) is 0 Å². The highest BCUT2D eigenvalue weighted by molar-refractivity contribution is 7.13. The standard InChI is InChI=1S/C10H5ClF3N5S/c11-5-1-4(10(12,13)14)2-19-7(5)17-18-8(19)6-3-20-9(15)16-6/h1-3H,(H2,15,16). The number of nitrogens with zero attached hydrogens (tertiary/aromatic N) is 4. The van der Waals surface area contributed by atoms with Gasteiger partial charge in [0.1, 0.15) is 5.69 Å². The van der Waals surface area contributed by atoms with Crippen LogP contribution in [0.15, 0.2) is 17.6 Å². The van der Waals surface area contributed by atoms with Crippen molar-refractivity contribution in [3.63, 3.8) is 0 Å². The Morgan fingerprint density at radius 3 is 2.65 bits per heavy atom.